The van der Waals surface area contributed by atoms with Crippen LogP contribution in [-0.2, 0) is 4.79 Å². The Morgan fingerprint density at radius 1 is 1.15 bits per heavy atom. The van der Waals surface area contributed by atoms with Crippen molar-refractivity contribution < 1.29 is 24.1 Å². The van der Waals surface area contributed by atoms with Crippen LogP contribution in [0.15, 0.2) is 29.4 Å². The zero-order valence-corrected chi connectivity index (χ0v) is 16.3. The number of hydrogen-bond donors (Lipinski definition) is 2. The summed E-state index contributed by atoms with van der Waals surface area (Å²) in [6, 6.07) is 6.65. The first-order chi connectivity index (χ1) is 12.8. The minimum atomic E-state index is -0.422. The molecule has 0 spiro atoms. The van der Waals surface area contributed by atoms with Crippen molar-refractivity contribution >= 4 is 23.7 Å². The number of aryl methyl sites for hydroxylation is 2. The third kappa shape index (κ3) is 5.27. The molecule has 0 heterocycles. The number of methoxy groups -OCH3 is 2. The molecule has 0 radical (unpaired) electrons. The molecule has 0 saturated carbocycles. The smallest absolute Gasteiger partial charge is 0.277 e. The summed E-state index contributed by atoms with van der Waals surface area (Å²) in [7, 11) is 2.85. The summed E-state index contributed by atoms with van der Waals surface area (Å²) >= 11 is 6.10. The molecule has 0 atom stereocenters. The first-order valence-corrected chi connectivity index (χ1v) is 8.40. The number of rotatable bonds is 7. The maximum Gasteiger partial charge on any atom is 0.277 e. The number of phenols is 1. The monoisotopic (exact) mass is 392 g/mol. The molecule has 2 N–H and O–H groups in total. The molecule has 0 fully saturated rings. The average molecular weight is 393 g/mol. The second-order valence-corrected chi connectivity index (χ2v) is 6.10. The van der Waals surface area contributed by atoms with Gasteiger partial charge in [-0.25, -0.2) is 5.43 Å². The van der Waals surface area contributed by atoms with Crippen molar-refractivity contribution in [2.75, 3.05) is 20.8 Å². The van der Waals surface area contributed by atoms with Gasteiger partial charge in [0.2, 0.25) is 5.75 Å². The van der Waals surface area contributed by atoms with E-state index in [2.05, 4.69) is 10.5 Å². The Labute approximate surface area is 162 Å². The highest BCUT2D eigenvalue weighted by Crippen LogP contribution is 2.36. The van der Waals surface area contributed by atoms with E-state index in [0.717, 1.165) is 11.1 Å². The second kappa shape index (κ2) is 9.14. The molecular weight excluding hydrogens is 372 g/mol. The Morgan fingerprint density at radius 2 is 1.70 bits per heavy atom. The zero-order valence-electron chi connectivity index (χ0n) is 15.5. The molecule has 0 aliphatic rings. The van der Waals surface area contributed by atoms with E-state index in [1.54, 1.807) is 24.3 Å². The van der Waals surface area contributed by atoms with Crippen molar-refractivity contribution in [1.82, 2.24) is 5.43 Å². The van der Waals surface area contributed by atoms with Gasteiger partial charge in [0, 0.05) is 10.6 Å². The van der Waals surface area contributed by atoms with E-state index in [1.807, 2.05) is 13.8 Å². The lowest BCUT2D eigenvalue weighted by atomic mass is 10.1. The maximum absolute atomic E-state index is 11.9. The number of halogens is 1. The van der Waals surface area contributed by atoms with Crippen LogP contribution in [0.5, 0.6) is 23.0 Å². The van der Waals surface area contributed by atoms with Crippen molar-refractivity contribution in [3.63, 3.8) is 0 Å². The number of benzene rings is 2. The van der Waals surface area contributed by atoms with Crippen LogP contribution in [0.4, 0.5) is 0 Å². The maximum atomic E-state index is 11.9. The number of carbonyl (C=O) groups is 1. The van der Waals surface area contributed by atoms with E-state index in [9.17, 15) is 9.90 Å². The summed E-state index contributed by atoms with van der Waals surface area (Å²) in [6.07, 6.45) is 1.40. The number of hydrogen-bond acceptors (Lipinski definition) is 6. The first-order valence-electron chi connectivity index (χ1n) is 8.02. The topological polar surface area (TPSA) is 89.4 Å². The fourth-order valence-corrected chi connectivity index (χ4v) is 2.45. The molecule has 0 aliphatic carbocycles. The highest BCUT2D eigenvalue weighted by molar-refractivity contribution is 6.32. The number of nitrogens with zero attached hydrogens (tertiary/aromatic N) is 1. The van der Waals surface area contributed by atoms with Gasteiger partial charge in [0.1, 0.15) is 5.75 Å². The van der Waals surface area contributed by atoms with Crippen LogP contribution in [0.3, 0.4) is 0 Å². The highest BCUT2D eigenvalue weighted by Gasteiger charge is 2.10. The van der Waals surface area contributed by atoms with E-state index in [-0.39, 0.29) is 23.9 Å². The predicted molar refractivity (Wildman–Crippen MR) is 103 cm³/mol. The SMILES string of the molecule is COc1cc(/C=N\NC(=O)COc2cc(C)c(Cl)c(C)c2)cc(OC)c1O. The molecule has 144 valence electrons. The lowest BCUT2D eigenvalue weighted by molar-refractivity contribution is -0.123. The number of phenolic OH excluding ortho intramolecular Hbond substituents is 1. The van der Waals surface area contributed by atoms with E-state index in [4.69, 9.17) is 25.8 Å². The molecule has 8 heteroatoms. The summed E-state index contributed by atoms with van der Waals surface area (Å²) in [6.45, 7) is 3.54. The summed E-state index contributed by atoms with van der Waals surface area (Å²) in [5.41, 5.74) is 4.69. The van der Waals surface area contributed by atoms with Crippen LogP contribution in [-0.4, -0.2) is 38.1 Å². The van der Waals surface area contributed by atoms with Gasteiger partial charge in [0.05, 0.1) is 20.4 Å². The largest absolute Gasteiger partial charge is 0.502 e. The molecule has 0 unspecified atom stereocenters. The summed E-state index contributed by atoms with van der Waals surface area (Å²) in [5, 5.41) is 14.4. The zero-order chi connectivity index (χ0) is 20.0. The Bertz CT molecular complexity index is 819. The van der Waals surface area contributed by atoms with Crippen molar-refractivity contribution in [3.05, 3.63) is 46.0 Å². The number of aromatic hydroxyl groups is 1. The molecule has 2 rings (SSSR count). The van der Waals surface area contributed by atoms with E-state index >= 15 is 0 Å². The summed E-state index contributed by atoms with van der Waals surface area (Å²) < 4.78 is 15.6. The van der Waals surface area contributed by atoms with Crippen molar-refractivity contribution in [1.29, 1.82) is 0 Å². The molecular formula is C19H21ClN2O5. The summed E-state index contributed by atoms with van der Waals surface area (Å²) in [5.74, 6) is 0.497. The number of ether oxygens (including phenoxy) is 3. The highest BCUT2D eigenvalue weighted by atomic mass is 35.5. The van der Waals surface area contributed by atoms with Crippen LogP contribution >= 0.6 is 11.6 Å². The Kier molecular flexibility index (Phi) is 6.90. The van der Waals surface area contributed by atoms with Crippen LogP contribution in [0.25, 0.3) is 0 Å². The minimum Gasteiger partial charge on any atom is -0.502 e. The fraction of sp³-hybridized carbons (Fsp3) is 0.263. The molecule has 0 aliphatic heterocycles. The van der Waals surface area contributed by atoms with Gasteiger partial charge in [-0.3, -0.25) is 4.79 Å². The predicted octanol–water partition coefficient (Wildman–Crippen LogP) is 3.21. The van der Waals surface area contributed by atoms with Crippen molar-refractivity contribution in [3.8, 4) is 23.0 Å². The minimum absolute atomic E-state index is 0.108. The number of amides is 1. The normalized spacial score (nSPS) is 10.7. The quantitative estimate of drug-likeness (QED) is 0.558. The molecule has 0 aromatic heterocycles. The van der Waals surface area contributed by atoms with Gasteiger partial charge in [-0.2, -0.15) is 5.10 Å². The van der Waals surface area contributed by atoms with Gasteiger partial charge >= 0.3 is 0 Å². The number of hydrazone groups is 1. The molecule has 2 aromatic carbocycles. The lowest BCUT2D eigenvalue weighted by Crippen LogP contribution is -2.24. The van der Waals surface area contributed by atoms with Gasteiger partial charge in [-0.1, -0.05) is 11.6 Å². The Morgan fingerprint density at radius 3 is 2.22 bits per heavy atom. The molecule has 27 heavy (non-hydrogen) atoms. The molecule has 7 nitrogen and oxygen atoms in total. The van der Waals surface area contributed by atoms with E-state index in [1.165, 1.54) is 20.4 Å². The van der Waals surface area contributed by atoms with Gasteiger partial charge in [-0.15, -0.1) is 0 Å². The number of carbonyl (C=O) groups excluding carboxylic acids is 1. The second-order valence-electron chi connectivity index (χ2n) is 5.73. The van der Waals surface area contributed by atoms with Crippen molar-refractivity contribution in [2.24, 2.45) is 5.10 Å². The van der Waals surface area contributed by atoms with Crippen molar-refractivity contribution in [2.45, 2.75) is 13.8 Å². The van der Waals surface area contributed by atoms with Gasteiger partial charge in [-0.05, 0) is 49.2 Å². The molecule has 1 amide bonds. The lowest BCUT2D eigenvalue weighted by Gasteiger charge is -2.10. The number of nitrogens with one attached hydrogen (secondary N) is 1. The Balaban J connectivity index is 1.95. The standard InChI is InChI=1S/C19H21ClN2O5/c1-11-5-14(6-12(2)18(11)20)27-10-17(23)22-21-9-13-7-15(25-3)19(24)16(8-13)26-4/h5-9,24H,10H2,1-4H3,(H,22,23)/b21-9-. The van der Waals surface area contributed by atoms with Gasteiger partial charge in [0.15, 0.2) is 18.1 Å². The van der Waals surface area contributed by atoms with Crippen LogP contribution in [0, 0.1) is 13.8 Å². The first kappa shape index (κ1) is 20.4. The molecule has 0 saturated heterocycles. The van der Waals surface area contributed by atoms with E-state index in [0.29, 0.717) is 16.3 Å². The third-order valence-electron chi connectivity index (χ3n) is 3.68. The van der Waals surface area contributed by atoms with Crippen LogP contribution in [0.2, 0.25) is 5.02 Å². The Hall–Kier alpha value is -2.93. The fourth-order valence-electron chi connectivity index (χ4n) is 2.34. The third-order valence-corrected chi connectivity index (χ3v) is 4.28. The van der Waals surface area contributed by atoms with Crippen LogP contribution in [0.1, 0.15) is 16.7 Å². The van der Waals surface area contributed by atoms with Gasteiger partial charge in [0.25, 0.3) is 5.91 Å². The average Bonchev–Trinajstić information content (AvgIpc) is 2.65. The molecule has 2 aromatic rings. The van der Waals surface area contributed by atoms with Gasteiger partial charge < -0.3 is 19.3 Å². The molecule has 0 bridgehead atoms. The summed E-state index contributed by atoms with van der Waals surface area (Å²) in [4.78, 5) is 11.9. The van der Waals surface area contributed by atoms with Crippen LogP contribution < -0.4 is 19.6 Å². The van der Waals surface area contributed by atoms with E-state index < -0.39 is 5.91 Å².